The number of likely N-dealkylation sites (N-methyl/N-ethyl adjacent to an activating group) is 1. The van der Waals surface area contributed by atoms with Crippen LogP contribution in [0.25, 0.3) is 10.9 Å². The van der Waals surface area contributed by atoms with Crippen LogP contribution in [0.5, 0.6) is 0 Å². The number of hydrogen-bond acceptors (Lipinski definition) is 8. The monoisotopic (exact) mass is 860 g/mol. The highest BCUT2D eigenvalue weighted by Gasteiger charge is 2.23. The lowest BCUT2D eigenvalue weighted by atomic mass is 10.0. The zero-order chi connectivity index (χ0) is 44.4. The number of carboxylic acids is 1. The molecule has 4 aromatic carbocycles. The number of anilines is 2. The lowest BCUT2D eigenvalue weighted by Crippen LogP contribution is -2.41. The molecular weight excluding hydrogens is 809 g/mol. The average molecular weight is 861 g/mol. The van der Waals surface area contributed by atoms with E-state index in [0.717, 1.165) is 55.0 Å². The molecule has 6 N–H and O–H groups in total. The Morgan fingerprint density at radius 2 is 1.50 bits per heavy atom. The molecule has 62 heavy (non-hydrogen) atoms. The number of carboxylic acid groups (broad SMARTS) is 1. The Morgan fingerprint density at radius 3 is 2.15 bits per heavy atom. The molecular formula is C46H52N8O7S. The van der Waals surface area contributed by atoms with Crippen molar-refractivity contribution in [1.82, 2.24) is 24.6 Å². The molecule has 0 atom stereocenters. The van der Waals surface area contributed by atoms with E-state index in [0.29, 0.717) is 47.4 Å². The van der Waals surface area contributed by atoms with Crippen LogP contribution in [0.2, 0.25) is 0 Å². The highest BCUT2D eigenvalue weighted by Crippen LogP contribution is 2.28. The van der Waals surface area contributed by atoms with Gasteiger partial charge in [-0.25, -0.2) is 18.4 Å². The first-order valence-corrected chi connectivity index (χ1v) is 22.0. The summed E-state index contributed by atoms with van der Waals surface area (Å²) in [4.78, 5) is 58.8. The van der Waals surface area contributed by atoms with Crippen LogP contribution in [0.1, 0.15) is 80.9 Å². The number of rotatable bonds is 20. The highest BCUT2D eigenvalue weighted by atomic mass is 32.2. The van der Waals surface area contributed by atoms with Crippen LogP contribution in [-0.4, -0.2) is 88.0 Å². The van der Waals surface area contributed by atoms with E-state index in [1.165, 1.54) is 10.9 Å². The molecule has 0 aliphatic heterocycles. The zero-order valence-electron chi connectivity index (χ0n) is 35.0. The van der Waals surface area contributed by atoms with Crippen LogP contribution >= 0.6 is 0 Å². The van der Waals surface area contributed by atoms with Crippen molar-refractivity contribution < 1.29 is 32.7 Å². The molecule has 3 amide bonds. The number of para-hydroxylation sites is 1. The average Bonchev–Trinajstić information content (AvgIpc) is 3.89. The molecule has 0 spiro atoms. The maximum atomic E-state index is 13.9. The van der Waals surface area contributed by atoms with E-state index in [9.17, 15) is 27.6 Å². The van der Waals surface area contributed by atoms with Gasteiger partial charge in [-0.15, -0.1) is 0 Å². The number of hydrogen-bond donors (Lipinski definition) is 5. The van der Waals surface area contributed by atoms with Crippen LogP contribution in [0.4, 0.5) is 11.5 Å². The van der Waals surface area contributed by atoms with E-state index >= 15 is 0 Å². The van der Waals surface area contributed by atoms with Gasteiger partial charge in [0, 0.05) is 61.1 Å². The number of aryl methyl sites for hydroxylation is 2. The molecule has 0 radical (unpaired) electrons. The van der Waals surface area contributed by atoms with Gasteiger partial charge in [0.05, 0.1) is 17.3 Å². The second kappa shape index (κ2) is 20.3. The standard InChI is InChI=1S/C46H52N8O7S/c1-4-37(5-2)53(25-24-52(3)41(55)30-54-29-38(27-48-54)62(47,60)61)28-33-12-9-13-35(26-33)44(56)51-43-42(39-14-6-7-15-40(39)50-43)45(57)49-36-22-18-32(19-23-36)11-8-10-31-16-20-34(21-17-31)46(58)59/h6-7,9,12-23,26-27,29,37,50H,4-5,8,10-11,24-25,28,30H2,1-3H3,(H,49,57)(H,51,56)(H,58,59)(H2,47,60,61). The largest absolute Gasteiger partial charge is 0.478 e. The minimum absolute atomic E-state index is 0.140. The van der Waals surface area contributed by atoms with Crippen LogP contribution in [0.15, 0.2) is 114 Å². The summed E-state index contributed by atoms with van der Waals surface area (Å²) in [5.41, 5.74) is 5.35. The van der Waals surface area contributed by atoms with Crippen molar-refractivity contribution in [3.8, 4) is 0 Å². The fourth-order valence-corrected chi connectivity index (χ4v) is 7.86. The van der Waals surface area contributed by atoms with Gasteiger partial charge in [0.15, 0.2) is 0 Å². The third-order valence-corrected chi connectivity index (χ3v) is 11.8. The predicted octanol–water partition coefficient (Wildman–Crippen LogP) is 6.54. The molecule has 0 fully saturated rings. The van der Waals surface area contributed by atoms with E-state index in [4.69, 9.17) is 10.2 Å². The molecule has 6 aromatic rings. The Balaban J connectivity index is 1.09. The molecule has 0 aliphatic rings. The van der Waals surface area contributed by atoms with E-state index in [1.54, 1.807) is 30.1 Å². The molecule has 324 valence electrons. The van der Waals surface area contributed by atoms with Crippen molar-refractivity contribution in [1.29, 1.82) is 0 Å². The number of nitrogens with one attached hydrogen (secondary N) is 3. The maximum Gasteiger partial charge on any atom is 0.335 e. The second-order valence-corrected chi connectivity index (χ2v) is 16.8. The lowest BCUT2D eigenvalue weighted by Gasteiger charge is -2.32. The fraction of sp³-hybridized carbons (Fsp3) is 0.283. The van der Waals surface area contributed by atoms with Crippen molar-refractivity contribution in [3.05, 3.63) is 143 Å². The normalized spacial score (nSPS) is 11.6. The number of aromatic amines is 1. The van der Waals surface area contributed by atoms with Crippen molar-refractivity contribution >= 4 is 56.1 Å². The van der Waals surface area contributed by atoms with Gasteiger partial charge in [-0.3, -0.25) is 24.0 Å². The molecule has 0 saturated carbocycles. The van der Waals surface area contributed by atoms with Gasteiger partial charge in [-0.05, 0) is 91.3 Å². The second-order valence-electron chi connectivity index (χ2n) is 15.3. The van der Waals surface area contributed by atoms with Crippen LogP contribution < -0.4 is 15.8 Å². The first-order chi connectivity index (χ1) is 29.7. The number of fused-ring (bicyclic) bond motifs is 1. The Bertz CT molecular complexity index is 2640. The number of carbonyl (C=O) groups is 4. The molecule has 0 saturated heterocycles. The van der Waals surface area contributed by atoms with Crippen molar-refractivity contribution in [2.75, 3.05) is 30.8 Å². The number of primary sulfonamides is 1. The molecule has 0 unspecified atom stereocenters. The van der Waals surface area contributed by atoms with E-state index < -0.39 is 21.9 Å². The molecule has 2 aromatic heterocycles. The van der Waals surface area contributed by atoms with Gasteiger partial charge in [0.25, 0.3) is 11.8 Å². The maximum absolute atomic E-state index is 13.9. The minimum Gasteiger partial charge on any atom is -0.478 e. The number of aromatic nitrogens is 3. The quantitative estimate of drug-likeness (QED) is 0.0563. The van der Waals surface area contributed by atoms with Crippen molar-refractivity contribution in [2.24, 2.45) is 5.14 Å². The molecule has 16 heteroatoms. The molecule has 0 aliphatic carbocycles. The fourth-order valence-electron chi connectivity index (χ4n) is 7.40. The van der Waals surface area contributed by atoms with Crippen LogP contribution in [-0.2, 0) is 40.7 Å². The number of carbonyl (C=O) groups excluding carboxylic acids is 3. The van der Waals surface area contributed by atoms with Crippen LogP contribution in [0, 0.1) is 0 Å². The number of H-pyrrole nitrogens is 1. The summed E-state index contributed by atoms with van der Waals surface area (Å²) in [6, 6.07) is 29.5. The number of nitrogens with two attached hydrogens (primary N) is 1. The smallest absolute Gasteiger partial charge is 0.335 e. The number of benzene rings is 4. The number of aromatic carboxylic acids is 1. The summed E-state index contributed by atoms with van der Waals surface area (Å²) in [6.45, 7) is 5.56. The summed E-state index contributed by atoms with van der Waals surface area (Å²) in [5, 5.41) is 24.9. The summed E-state index contributed by atoms with van der Waals surface area (Å²) in [7, 11) is -2.24. The number of nitrogens with zero attached hydrogens (tertiary/aromatic N) is 4. The van der Waals surface area contributed by atoms with Gasteiger partial charge in [0.1, 0.15) is 17.3 Å². The van der Waals surface area contributed by atoms with Gasteiger partial charge in [-0.2, -0.15) is 5.10 Å². The first kappa shape index (κ1) is 44.9. The summed E-state index contributed by atoms with van der Waals surface area (Å²) in [6.07, 6.45) is 6.59. The minimum atomic E-state index is -3.93. The van der Waals surface area contributed by atoms with Crippen LogP contribution in [0.3, 0.4) is 0 Å². The predicted molar refractivity (Wildman–Crippen MR) is 239 cm³/mol. The molecule has 15 nitrogen and oxygen atoms in total. The summed E-state index contributed by atoms with van der Waals surface area (Å²) in [5.74, 6) is -1.69. The van der Waals surface area contributed by atoms with Gasteiger partial charge >= 0.3 is 5.97 Å². The lowest BCUT2D eigenvalue weighted by molar-refractivity contribution is -0.131. The van der Waals surface area contributed by atoms with Gasteiger partial charge in [0.2, 0.25) is 15.9 Å². The summed E-state index contributed by atoms with van der Waals surface area (Å²) >= 11 is 0. The van der Waals surface area contributed by atoms with E-state index in [-0.39, 0.29) is 40.7 Å². The number of amides is 3. The van der Waals surface area contributed by atoms with Gasteiger partial charge < -0.3 is 25.6 Å². The topological polar surface area (TPSA) is 213 Å². The molecule has 0 bridgehead atoms. The Labute approximate surface area is 361 Å². The van der Waals surface area contributed by atoms with E-state index in [2.05, 4.69) is 39.5 Å². The third-order valence-electron chi connectivity index (χ3n) is 10.9. The number of sulfonamides is 1. The Morgan fingerprint density at radius 1 is 0.823 bits per heavy atom. The molecule has 2 heterocycles. The summed E-state index contributed by atoms with van der Waals surface area (Å²) < 4.78 is 24.5. The molecule has 6 rings (SSSR count). The Hall–Kier alpha value is -6.62. The first-order valence-electron chi connectivity index (χ1n) is 20.5. The van der Waals surface area contributed by atoms with Crippen molar-refractivity contribution in [3.63, 3.8) is 0 Å². The van der Waals surface area contributed by atoms with E-state index in [1.807, 2.05) is 78.9 Å². The highest BCUT2D eigenvalue weighted by molar-refractivity contribution is 7.89. The van der Waals surface area contributed by atoms with Crippen molar-refractivity contribution in [2.45, 2.75) is 70.0 Å². The Kier molecular flexibility index (Phi) is 14.7. The van der Waals surface area contributed by atoms with Gasteiger partial charge in [-0.1, -0.05) is 68.4 Å². The zero-order valence-corrected chi connectivity index (χ0v) is 35.8. The SMILES string of the molecule is CCC(CC)N(CCN(C)C(=O)Cn1cc(S(N)(=O)=O)cn1)Cc1cccc(C(=O)Nc2[nH]c3ccccc3c2C(=O)Nc2ccc(CCCc3ccc(C(=O)O)cc3)cc2)c1. The third kappa shape index (κ3) is 11.6.